The van der Waals surface area contributed by atoms with E-state index < -0.39 is 0 Å². The van der Waals surface area contributed by atoms with Crippen LogP contribution in [0.1, 0.15) is 31.1 Å². The molecule has 0 atom stereocenters. The van der Waals surface area contributed by atoms with Crippen molar-refractivity contribution in [3.63, 3.8) is 0 Å². The summed E-state index contributed by atoms with van der Waals surface area (Å²) in [5.41, 5.74) is 2.58. The normalized spacial score (nSPS) is 11.5. The lowest BCUT2D eigenvalue weighted by atomic mass is 10.1. The van der Waals surface area contributed by atoms with Crippen molar-refractivity contribution in [1.82, 2.24) is 0 Å². The zero-order valence-electron chi connectivity index (χ0n) is 13.2. The lowest BCUT2D eigenvalue weighted by Crippen LogP contribution is -2.02. The smallest absolute Gasteiger partial charge is 0.187 e. The number of hydrogen-bond donors (Lipinski definition) is 1. The number of rotatable bonds is 6. The van der Waals surface area contributed by atoms with Gasteiger partial charge < -0.3 is 5.32 Å². The third kappa shape index (κ3) is 4.78. The Kier molecular flexibility index (Phi) is 5.84. The van der Waals surface area contributed by atoms with Gasteiger partial charge in [0.2, 0.25) is 0 Å². The molecule has 0 aliphatic carbocycles. The first-order valence-corrected chi connectivity index (χ1v) is 8.24. The van der Waals surface area contributed by atoms with Gasteiger partial charge in [-0.25, -0.2) is 0 Å². The number of carbonyl (C=O) groups is 1. The number of hydrogen-bond acceptors (Lipinski definition) is 3. The molecule has 2 aromatic rings. The summed E-state index contributed by atoms with van der Waals surface area (Å²) in [5, 5.41) is 3.85. The van der Waals surface area contributed by atoms with Crippen LogP contribution in [0.4, 0.5) is 5.69 Å². The zero-order chi connectivity index (χ0) is 15.9. The number of anilines is 1. The molecule has 0 radical (unpaired) electrons. The topological polar surface area (TPSA) is 29.1 Å². The van der Waals surface area contributed by atoms with E-state index in [1.165, 1.54) is 4.90 Å². The Balaban J connectivity index is 2.13. The van der Waals surface area contributed by atoms with E-state index in [4.69, 9.17) is 0 Å². The molecule has 2 aromatic carbocycles. The van der Waals surface area contributed by atoms with Crippen molar-refractivity contribution in [3.05, 3.63) is 71.9 Å². The number of allylic oxidation sites excluding steroid dienone is 2. The summed E-state index contributed by atoms with van der Waals surface area (Å²) in [6.07, 6.45) is 1.64. The van der Waals surface area contributed by atoms with Crippen LogP contribution >= 0.6 is 11.8 Å². The average Bonchev–Trinajstić information content (AvgIpc) is 2.49. The highest BCUT2D eigenvalue weighted by Crippen LogP contribution is 2.30. The minimum Gasteiger partial charge on any atom is -0.358 e. The predicted octanol–water partition coefficient (Wildman–Crippen LogP) is 5.39. The first-order valence-electron chi connectivity index (χ1n) is 7.36. The van der Waals surface area contributed by atoms with E-state index in [9.17, 15) is 4.79 Å². The summed E-state index contributed by atoms with van der Waals surface area (Å²) in [4.78, 5) is 13.4. The standard InChI is InChI=1S/C19H21NOS/c1-14(2)22-19-12-8-7-11-17(19)20-15(3)13-18(21)16-9-5-4-6-10-16/h4-14,20H,1-3H3/b15-13+. The molecule has 3 heteroatoms. The van der Waals surface area contributed by atoms with Gasteiger partial charge in [-0.05, 0) is 19.1 Å². The summed E-state index contributed by atoms with van der Waals surface area (Å²) >= 11 is 1.81. The highest BCUT2D eigenvalue weighted by molar-refractivity contribution is 8.00. The largest absolute Gasteiger partial charge is 0.358 e. The summed E-state index contributed by atoms with van der Waals surface area (Å²) in [6, 6.07) is 17.5. The van der Waals surface area contributed by atoms with Crippen LogP contribution in [-0.2, 0) is 0 Å². The molecule has 0 unspecified atom stereocenters. The average molecular weight is 311 g/mol. The van der Waals surface area contributed by atoms with E-state index in [0.717, 1.165) is 11.4 Å². The van der Waals surface area contributed by atoms with Crippen molar-refractivity contribution in [1.29, 1.82) is 0 Å². The fourth-order valence-corrected chi connectivity index (χ4v) is 2.97. The van der Waals surface area contributed by atoms with Crippen LogP contribution in [0.2, 0.25) is 0 Å². The molecular weight excluding hydrogens is 290 g/mol. The highest BCUT2D eigenvalue weighted by Gasteiger charge is 2.06. The van der Waals surface area contributed by atoms with Crippen molar-refractivity contribution in [2.24, 2.45) is 0 Å². The van der Waals surface area contributed by atoms with Crippen molar-refractivity contribution in [2.45, 2.75) is 30.9 Å². The maximum absolute atomic E-state index is 12.2. The molecule has 0 saturated heterocycles. The molecule has 0 bridgehead atoms. The quantitative estimate of drug-likeness (QED) is 0.441. The lowest BCUT2D eigenvalue weighted by Gasteiger charge is -2.13. The van der Waals surface area contributed by atoms with Gasteiger partial charge in [0, 0.05) is 27.5 Å². The Morgan fingerprint density at radius 1 is 1.05 bits per heavy atom. The molecule has 0 amide bonds. The van der Waals surface area contributed by atoms with Crippen LogP contribution in [0, 0.1) is 0 Å². The number of benzene rings is 2. The van der Waals surface area contributed by atoms with Gasteiger partial charge in [0.05, 0.1) is 5.69 Å². The van der Waals surface area contributed by atoms with Crippen LogP contribution in [-0.4, -0.2) is 11.0 Å². The molecule has 0 heterocycles. The highest BCUT2D eigenvalue weighted by atomic mass is 32.2. The minimum atomic E-state index is 0.0135. The molecule has 0 aliphatic heterocycles. The fourth-order valence-electron chi connectivity index (χ4n) is 2.06. The number of ketones is 1. The molecule has 0 aliphatic rings. The second-order valence-corrected chi connectivity index (χ2v) is 6.96. The van der Waals surface area contributed by atoms with Crippen LogP contribution in [0.3, 0.4) is 0 Å². The van der Waals surface area contributed by atoms with Crippen molar-refractivity contribution in [3.8, 4) is 0 Å². The van der Waals surface area contributed by atoms with E-state index in [1.54, 1.807) is 6.08 Å². The maximum atomic E-state index is 12.2. The van der Waals surface area contributed by atoms with E-state index in [-0.39, 0.29) is 5.78 Å². The van der Waals surface area contributed by atoms with Crippen LogP contribution in [0.25, 0.3) is 0 Å². The number of thioether (sulfide) groups is 1. The SMILES string of the molecule is C/C(=C\C(=O)c1ccccc1)Nc1ccccc1SC(C)C. The molecule has 2 nitrogen and oxygen atoms in total. The molecule has 0 aromatic heterocycles. The number of carbonyl (C=O) groups excluding carboxylic acids is 1. The Hall–Kier alpha value is -2.00. The Bertz CT molecular complexity index is 662. The lowest BCUT2D eigenvalue weighted by molar-refractivity contribution is 0.104. The van der Waals surface area contributed by atoms with Crippen molar-refractivity contribution in [2.75, 3.05) is 5.32 Å². The first-order chi connectivity index (χ1) is 10.6. The molecule has 1 N–H and O–H groups in total. The van der Waals surface area contributed by atoms with Gasteiger partial charge in [-0.2, -0.15) is 0 Å². The van der Waals surface area contributed by atoms with Crippen molar-refractivity contribution >= 4 is 23.2 Å². The summed E-state index contributed by atoms with van der Waals surface area (Å²) in [6.45, 7) is 6.25. The van der Waals surface area contributed by atoms with Gasteiger partial charge in [0.1, 0.15) is 0 Å². The Morgan fingerprint density at radius 2 is 1.68 bits per heavy atom. The van der Waals surface area contributed by atoms with Gasteiger partial charge in [0.15, 0.2) is 5.78 Å². The second-order valence-electron chi connectivity index (χ2n) is 5.35. The molecule has 0 saturated carbocycles. The number of nitrogens with one attached hydrogen (secondary N) is 1. The second kappa shape index (κ2) is 7.85. The molecule has 2 rings (SSSR count). The third-order valence-corrected chi connectivity index (χ3v) is 4.07. The Morgan fingerprint density at radius 3 is 2.36 bits per heavy atom. The monoisotopic (exact) mass is 311 g/mol. The summed E-state index contributed by atoms with van der Waals surface area (Å²) < 4.78 is 0. The maximum Gasteiger partial charge on any atom is 0.187 e. The minimum absolute atomic E-state index is 0.0135. The van der Waals surface area contributed by atoms with Gasteiger partial charge in [-0.1, -0.05) is 56.3 Å². The number of para-hydroxylation sites is 1. The van der Waals surface area contributed by atoms with Crippen LogP contribution < -0.4 is 5.32 Å². The van der Waals surface area contributed by atoms with E-state index >= 15 is 0 Å². The summed E-state index contributed by atoms with van der Waals surface area (Å²) in [5.74, 6) is 0.0135. The first kappa shape index (κ1) is 16.4. The molecular formula is C19H21NOS. The van der Waals surface area contributed by atoms with Gasteiger partial charge in [0.25, 0.3) is 0 Å². The molecule has 0 spiro atoms. The van der Waals surface area contributed by atoms with Gasteiger partial charge >= 0.3 is 0 Å². The molecule has 22 heavy (non-hydrogen) atoms. The third-order valence-electron chi connectivity index (χ3n) is 2.99. The van der Waals surface area contributed by atoms with Crippen LogP contribution in [0.5, 0.6) is 0 Å². The predicted molar refractivity (Wildman–Crippen MR) is 95.6 cm³/mol. The van der Waals surface area contributed by atoms with E-state index in [0.29, 0.717) is 10.8 Å². The van der Waals surface area contributed by atoms with Crippen LogP contribution in [0.15, 0.2) is 71.3 Å². The summed E-state index contributed by atoms with van der Waals surface area (Å²) in [7, 11) is 0. The van der Waals surface area contributed by atoms with Gasteiger partial charge in [-0.3, -0.25) is 4.79 Å². The van der Waals surface area contributed by atoms with E-state index in [1.807, 2.05) is 67.2 Å². The fraction of sp³-hybridized carbons (Fsp3) is 0.211. The molecule has 114 valence electrons. The van der Waals surface area contributed by atoms with E-state index in [2.05, 4.69) is 25.2 Å². The Labute approximate surface area is 136 Å². The van der Waals surface area contributed by atoms with Gasteiger partial charge in [-0.15, -0.1) is 11.8 Å². The zero-order valence-corrected chi connectivity index (χ0v) is 14.0. The molecule has 0 fully saturated rings. The van der Waals surface area contributed by atoms with Crippen molar-refractivity contribution < 1.29 is 4.79 Å².